The summed E-state index contributed by atoms with van der Waals surface area (Å²) < 4.78 is 42.2. The highest BCUT2D eigenvalue weighted by Gasteiger charge is 2.13. The molecule has 0 aliphatic heterocycles. The zero-order valence-electron chi connectivity index (χ0n) is 17.4. The van der Waals surface area contributed by atoms with E-state index in [0.717, 1.165) is 0 Å². The summed E-state index contributed by atoms with van der Waals surface area (Å²) in [4.78, 5) is 20.3. The standard InChI is InChI=1S/C20H22F3N7O2/c1-11-5-25-20(28-14-6-26-30(8-14)9-18(32)27-12(2)10-31)29-19(11)24-7-15-16(22)3-13(21)4-17(15)23/h3-6,8,12,31H,7,9-10H2,1-2H3,(H,27,32)(H2,24,25,28,29)/t12-/m0/s1. The fourth-order valence-corrected chi connectivity index (χ4v) is 2.75. The molecule has 3 rings (SSSR count). The number of aryl methyl sites for hydroxylation is 1. The molecule has 0 aliphatic rings. The molecular weight excluding hydrogens is 427 g/mol. The SMILES string of the molecule is Cc1cnc(Nc2cnn(CC(=O)N[C@@H](C)CO)c2)nc1NCc1c(F)cc(F)cc1F. The second-order valence-electron chi connectivity index (χ2n) is 7.13. The van der Waals surface area contributed by atoms with Gasteiger partial charge in [-0.1, -0.05) is 0 Å². The number of hydrogen-bond acceptors (Lipinski definition) is 7. The van der Waals surface area contributed by atoms with Gasteiger partial charge in [0.15, 0.2) is 0 Å². The quantitative estimate of drug-likeness (QED) is 0.396. The lowest BCUT2D eigenvalue weighted by molar-refractivity contribution is -0.122. The summed E-state index contributed by atoms with van der Waals surface area (Å²) in [5.41, 5.74) is 0.830. The molecule has 4 N–H and O–H groups in total. The smallest absolute Gasteiger partial charge is 0.242 e. The molecule has 9 nitrogen and oxygen atoms in total. The number of aliphatic hydroxyl groups excluding tert-OH is 1. The minimum Gasteiger partial charge on any atom is -0.394 e. The maximum Gasteiger partial charge on any atom is 0.242 e. The fraction of sp³-hybridized carbons (Fsp3) is 0.300. The Balaban J connectivity index is 1.65. The molecule has 1 atom stereocenters. The van der Waals surface area contributed by atoms with Crippen molar-refractivity contribution in [3.05, 3.63) is 59.3 Å². The summed E-state index contributed by atoms with van der Waals surface area (Å²) in [7, 11) is 0. The molecule has 0 bridgehead atoms. The highest BCUT2D eigenvalue weighted by molar-refractivity contribution is 5.76. The Kier molecular flexibility index (Phi) is 7.25. The van der Waals surface area contributed by atoms with Crippen molar-refractivity contribution in [1.29, 1.82) is 0 Å². The summed E-state index contributed by atoms with van der Waals surface area (Å²) in [5.74, 6) is -2.77. The van der Waals surface area contributed by atoms with E-state index in [1.54, 1.807) is 20.0 Å². The van der Waals surface area contributed by atoms with Crippen LogP contribution < -0.4 is 16.0 Å². The number of carbonyl (C=O) groups excluding carboxylic acids is 1. The minimum atomic E-state index is -0.995. The Morgan fingerprint density at radius 3 is 2.62 bits per heavy atom. The summed E-state index contributed by atoms with van der Waals surface area (Å²) in [6, 6.07) is 0.865. The molecule has 3 aromatic rings. The average molecular weight is 449 g/mol. The summed E-state index contributed by atoms with van der Waals surface area (Å²) in [6.45, 7) is 2.94. The normalized spacial score (nSPS) is 11.8. The Morgan fingerprint density at radius 2 is 1.94 bits per heavy atom. The number of nitrogens with one attached hydrogen (secondary N) is 3. The number of carbonyl (C=O) groups is 1. The third-order valence-corrected chi connectivity index (χ3v) is 4.39. The third-order valence-electron chi connectivity index (χ3n) is 4.39. The van der Waals surface area contributed by atoms with Crippen LogP contribution in [0.4, 0.5) is 30.6 Å². The van der Waals surface area contributed by atoms with Crippen molar-refractivity contribution in [2.45, 2.75) is 33.0 Å². The molecular formula is C20H22F3N7O2. The van der Waals surface area contributed by atoms with Crippen molar-refractivity contribution in [3.8, 4) is 0 Å². The van der Waals surface area contributed by atoms with E-state index >= 15 is 0 Å². The van der Waals surface area contributed by atoms with Crippen LogP contribution in [0.5, 0.6) is 0 Å². The maximum atomic E-state index is 13.8. The molecule has 12 heteroatoms. The van der Waals surface area contributed by atoms with Gasteiger partial charge in [-0.25, -0.2) is 18.2 Å². The number of hydrogen-bond donors (Lipinski definition) is 4. The van der Waals surface area contributed by atoms with Crippen LogP contribution in [0, 0.1) is 24.4 Å². The molecule has 0 unspecified atom stereocenters. The predicted molar refractivity (Wildman–Crippen MR) is 111 cm³/mol. The van der Waals surface area contributed by atoms with Gasteiger partial charge in [0.05, 0.1) is 18.5 Å². The first-order valence-corrected chi connectivity index (χ1v) is 9.65. The van der Waals surface area contributed by atoms with Crippen LogP contribution in [-0.4, -0.2) is 43.4 Å². The van der Waals surface area contributed by atoms with Crippen LogP contribution in [0.1, 0.15) is 18.1 Å². The van der Waals surface area contributed by atoms with E-state index in [-0.39, 0.29) is 43.2 Å². The number of nitrogens with zero attached hydrogens (tertiary/aromatic N) is 4. The van der Waals surface area contributed by atoms with Crippen LogP contribution >= 0.6 is 0 Å². The Morgan fingerprint density at radius 1 is 1.22 bits per heavy atom. The van der Waals surface area contributed by atoms with Crippen molar-refractivity contribution in [1.82, 2.24) is 25.1 Å². The van der Waals surface area contributed by atoms with E-state index in [0.29, 0.717) is 29.2 Å². The van der Waals surface area contributed by atoms with Gasteiger partial charge < -0.3 is 21.1 Å². The van der Waals surface area contributed by atoms with Crippen LogP contribution in [0.25, 0.3) is 0 Å². The molecule has 0 radical (unpaired) electrons. The zero-order chi connectivity index (χ0) is 23.3. The topological polar surface area (TPSA) is 117 Å². The number of anilines is 3. The molecule has 2 heterocycles. The lowest BCUT2D eigenvalue weighted by Crippen LogP contribution is -2.37. The maximum absolute atomic E-state index is 13.8. The van der Waals surface area contributed by atoms with Crippen molar-refractivity contribution >= 4 is 23.4 Å². The van der Waals surface area contributed by atoms with Crippen molar-refractivity contribution in [2.24, 2.45) is 0 Å². The van der Waals surface area contributed by atoms with Crippen LogP contribution in [0.2, 0.25) is 0 Å². The first kappa shape index (κ1) is 23.0. The number of amides is 1. The highest BCUT2D eigenvalue weighted by atomic mass is 19.1. The first-order valence-electron chi connectivity index (χ1n) is 9.65. The summed E-state index contributed by atoms with van der Waals surface area (Å²) in [5, 5.41) is 21.4. The Labute approximate surface area is 181 Å². The minimum absolute atomic E-state index is 0.0393. The van der Waals surface area contributed by atoms with Crippen molar-refractivity contribution < 1.29 is 23.1 Å². The van der Waals surface area contributed by atoms with Gasteiger partial charge in [0.25, 0.3) is 0 Å². The predicted octanol–water partition coefficient (Wildman–Crippen LogP) is 2.25. The van der Waals surface area contributed by atoms with Gasteiger partial charge in [0.1, 0.15) is 29.8 Å². The van der Waals surface area contributed by atoms with Gasteiger partial charge in [0, 0.05) is 48.2 Å². The van der Waals surface area contributed by atoms with E-state index in [2.05, 4.69) is 31.0 Å². The van der Waals surface area contributed by atoms with Gasteiger partial charge in [-0.15, -0.1) is 0 Å². The molecule has 170 valence electrons. The molecule has 0 saturated carbocycles. The van der Waals surface area contributed by atoms with Crippen LogP contribution in [0.3, 0.4) is 0 Å². The number of rotatable bonds is 9. The number of benzene rings is 1. The van der Waals surface area contributed by atoms with E-state index in [4.69, 9.17) is 5.11 Å². The first-order chi connectivity index (χ1) is 15.2. The van der Waals surface area contributed by atoms with Crippen molar-refractivity contribution in [2.75, 3.05) is 17.2 Å². The lowest BCUT2D eigenvalue weighted by atomic mass is 10.2. The number of aromatic nitrogens is 4. The van der Waals surface area contributed by atoms with Crippen molar-refractivity contribution in [3.63, 3.8) is 0 Å². The summed E-state index contributed by atoms with van der Waals surface area (Å²) in [6.07, 6.45) is 4.56. The van der Waals surface area contributed by atoms with Gasteiger partial charge in [-0.3, -0.25) is 9.48 Å². The van der Waals surface area contributed by atoms with Crippen LogP contribution in [0.15, 0.2) is 30.7 Å². The van der Waals surface area contributed by atoms with Gasteiger partial charge in [-0.2, -0.15) is 10.1 Å². The molecule has 0 spiro atoms. The summed E-state index contributed by atoms with van der Waals surface area (Å²) >= 11 is 0. The van der Waals surface area contributed by atoms with Gasteiger partial charge >= 0.3 is 0 Å². The van der Waals surface area contributed by atoms with E-state index in [1.807, 2.05) is 0 Å². The second-order valence-corrected chi connectivity index (χ2v) is 7.13. The highest BCUT2D eigenvalue weighted by Crippen LogP contribution is 2.20. The Bertz CT molecular complexity index is 1080. The third kappa shape index (κ3) is 5.94. The molecule has 0 saturated heterocycles. The van der Waals surface area contributed by atoms with Gasteiger partial charge in [-0.05, 0) is 13.8 Å². The van der Waals surface area contributed by atoms with E-state index in [9.17, 15) is 18.0 Å². The lowest BCUT2D eigenvalue weighted by Gasteiger charge is -2.11. The zero-order valence-corrected chi connectivity index (χ0v) is 17.4. The number of aliphatic hydroxyl groups is 1. The molecule has 32 heavy (non-hydrogen) atoms. The van der Waals surface area contributed by atoms with E-state index in [1.165, 1.54) is 17.1 Å². The second kappa shape index (κ2) is 10.1. The molecule has 1 aromatic carbocycles. The van der Waals surface area contributed by atoms with Gasteiger partial charge in [0.2, 0.25) is 11.9 Å². The van der Waals surface area contributed by atoms with Crippen LogP contribution in [-0.2, 0) is 17.9 Å². The monoisotopic (exact) mass is 449 g/mol. The molecule has 0 fully saturated rings. The fourth-order valence-electron chi connectivity index (χ4n) is 2.75. The average Bonchev–Trinajstić information content (AvgIpc) is 3.15. The Hall–Kier alpha value is -3.67. The molecule has 2 aromatic heterocycles. The molecule has 1 amide bonds. The van der Waals surface area contributed by atoms with E-state index < -0.39 is 17.5 Å². The number of halogens is 3. The largest absolute Gasteiger partial charge is 0.394 e. The molecule has 0 aliphatic carbocycles.